The monoisotopic (exact) mass is 297 g/mol. The van der Waals surface area contributed by atoms with Crippen LogP contribution in [0.4, 0.5) is 0 Å². The van der Waals surface area contributed by atoms with Crippen LogP contribution in [0.15, 0.2) is 54.6 Å². The predicted molar refractivity (Wildman–Crippen MR) is 84.7 cm³/mol. The summed E-state index contributed by atoms with van der Waals surface area (Å²) in [6.07, 6.45) is 0.428. The zero-order valence-corrected chi connectivity index (χ0v) is 12.5. The zero-order chi connectivity index (χ0) is 15.9. The minimum absolute atomic E-state index is 0.0151. The Bertz CT molecular complexity index is 635. The lowest BCUT2D eigenvalue weighted by atomic mass is 9.97. The topological polar surface area (TPSA) is 66.4 Å². The van der Waals surface area contributed by atoms with Crippen molar-refractivity contribution in [3.8, 4) is 0 Å². The number of carbonyl (C=O) groups is 2. The Morgan fingerprint density at radius 2 is 1.68 bits per heavy atom. The van der Waals surface area contributed by atoms with Crippen LogP contribution >= 0.6 is 0 Å². The first-order valence-electron chi connectivity index (χ1n) is 7.20. The minimum Gasteiger partial charge on any atom is -0.478 e. The molecule has 2 N–H and O–H groups in total. The third-order valence-electron chi connectivity index (χ3n) is 3.55. The first-order valence-corrected chi connectivity index (χ1v) is 7.20. The molecule has 0 aliphatic heterocycles. The molecule has 0 bridgehead atoms. The second-order valence-electron chi connectivity index (χ2n) is 5.29. The van der Waals surface area contributed by atoms with E-state index in [1.807, 2.05) is 37.3 Å². The third kappa shape index (κ3) is 4.45. The van der Waals surface area contributed by atoms with Gasteiger partial charge in [-0.25, -0.2) is 4.79 Å². The summed E-state index contributed by atoms with van der Waals surface area (Å²) >= 11 is 0. The van der Waals surface area contributed by atoms with E-state index in [9.17, 15) is 9.59 Å². The van der Waals surface area contributed by atoms with Crippen LogP contribution in [0.1, 0.15) is 40.7 Å². The van der Waals surface area contributed by atoms with Crippen molar-refractivity contribution in [3.63, 3.8) is 0 Å². The van der Waals surface area contributed by atoms with Crippen molar-refractivity contribution >= 4 is 11.9 Å². The van der Waals surface area contributed by atoms with Gasteiger partial charge in [-0.15, -0.1) is 0 Å². The van der Waals surface area contributed by atoms with Gasteiger partial charge in [-0.2, -0.15) is 0 Å². The van der Waals surface area contributed by atoms with Gasteiger partial charge in [0.05, 0.1) is 5.56 Å². The van der Waals surface area contributed by atoms with E-state index in [4.69, 9.17) is 5.11 Å². The van der Waals surface area contributed by atoms with Crippen LogP contribution < -0.4 is 5.32 Å². The lowest BCUT2D eigenvalue weighted by molar-refractivity contribution is -0.121. The number of amides is 1. The molecule has 0 aliphatic carbocycles. The highest BCUT2D eigenvalue weighted by Crippen LogP contribution is 2.18. The highest BCUT2D eigenvalue weighted by atomic mass is 16.4. The molecule has 22 heavy (non-hydrogen) atoms. The number of aromatic carboxylic acids is 1. The summed E-state index contributed by atoms with van der Waals surface area (Å²) in [5, 5.41) is 11.7. The largest absolute Gasteiger partial charge is 0.478 e. The van der Waals surface area contributed by atoms with Crippen molar-refractivity contribution in [2.75, 3.05) is 0 Å². The Hall–Kier alpha value is -2.62. The average Bonchev–Trinajstić information content (AvgIpc) is 2.54. The summed E-state index contributed by atoms with van der Waals surface area (Å²) in [5.41, 5.74) is 2.27. The number of benzene rings is 2. The standard InChI is InChI=1S/C18H19NO3/c1-13(15-5-3-2-4-6-15)11-17(20)19-12-14-7-9-16(10-8-14)18(21)22/h2-10,13H,11-12H2,1H3,(H,19,20)(H,21,22). The molecule has 2 rings (SSSR count). The van der Waals surface area contributed by atoms with Crippen LogP contribution in [0.2, 0.25) is 0 Å². The van der Waals surface area contributed by atoms with Gasteiger partial charge in [0.2, 0.25) is 5.91 Å². The van der Waals surface area contributed by atoms with Crippen molar-refractivity contribution in [1.29, 1.82) is 0 Å². The van der Waals surface area contributed by atoms with Crippen molar-refractivity contribution in [3.05, 3.63) is 71.3 Å². The van der Waals surface area contributed by atoms with Crippen molar-refractivity contribution in [1.82, 2.24) is 5.32 Å². The van der Waals surface area contributed by atoms with Crippen molar-refractivity contribution in [2.45, 2.75) is 25.8 Å². The molecule has 4 heteroatoms. The van der Waals surface area contributed by atoms with Gasteiger partial charge in [0.1, 0.15) is 0 Å². The quantitative estimate of drug-likeness (QED) is 0.860. The second kappa shape index (κ2) is 7.41. The van der Waals surface area contributed by atoms with Gasteiger partial charge in [0.15, 0.2) is 0 Å². The van der Waals surface area contributed by atoms with Gasteiger partial charge in [-0.3, -0.25) is 4.79 Å². The molecule has 0 fully saturated rings. The fourth-order valence-corrected chi connectivity index (χ4v) is 2.22. The van der Waals surface area contributed by atoms with Crippen LogP contribution in [0.3, 0.4) is 0 Å². The van der Waals surface area contributed by atoms with Crippen LogP contribution in [-0.2, 0) is 11.3 Å². The van der Waals surface area contributed by atoms with Crippen LogP contribution in [-0.4, -0.2) is 17.0 Å². The van der Waals surface area contributed by atoms with Gasteiger partial charge in [-0.1, -0.05) is 49.4 Å². The molecule has 1 amide bonds. The van der Waals surface area contributed by atoms with E-state index in [2.05, 4.69) is 5.32 Å². The number of nitrogens with one attached hydrogen (secondary N) is 1. The fraction of sp³-hybridized carbons (Fsp3) is 0.222. The summed E-state index contributed by atoms with van der Waals surface area (Å²) in [7, 11) is 0. The Kier molecular flexibility index (Phi) is 5.31. The van der Waals surface area contributed by atoms with E-state index in [1.54, 1.807) is 12.1 Å². The highest BCUT2D eigenvalue weighted by molar-refractivity contribution is 5.87. The Balaban J connectivity index is 1.83. The molecule has 0 spiro atoms. The number of rotatable bonds is 6. The summed E-state index contributed by atoms with van der Waals surface area (Å²) in [6, 6.07) is 16.4. The van der Waals surface area contributed by atoms with Gasteiger partial charge >= 0.3 is 5.97 Å². The Morgan fingerprint density at radius 1 is 1.05 bits per heavy atom. The number of hydrogen-bond acceptors (Lipinski definition) is 2. The molecule has 2 aromatic rings. The molecule has 0 saturated heterocycles. The summed E-state index contributed by atoms with van der Waals surface area (Å²) < 4.78 is 0. The lowest BCUT2D eigenvalue weighted by Gasteiger charge is -2.12. The first kappa shape index (κ1) is 15.8. The van der Waals surface area contributed by atoms with Crippen LogP contribution in [0.5, 0.6) is 0 Å². The molecule has 0 heterocycles. The summed E-state index contributed by atoms with van der Waals surface area (Å²) in [6.45, 7) is 2.43. The molecule has 0 aromatic heterocycles. The molecular weight excluding hydrogens is 278 g/mol. The van der Waals surface area contributed by atoms with E-state index < -0.39 is 5.97 Å². The average molecular weight is 297 g/mol. The number of carboxylic acid groups (broad SMARTS) is 1. The summed E-state index contributed by atoms with van der Waals surface area (Å²) in [4.78, 5) is 22.7. The molecule has 0 saturated carbocycles. The van der Waals surface area contributed by atoms with Gasteiger partial charge < -0.3 is 10.4 Å². The van der Waals surface area contributed by atoms with E-state index in [1.165, 1.54) is 12.1 Å². The molecule has 114 valence electrons. The normalized spacial score (nSPS) is 11.7. The van der Waals surface area contributed by atoms with E-state index in [0.717, 1.165) is 11.1 Å². The minimum atomic E-state index is -0.952. The third-order valence-corrected chi connectivity index (χ3v) is 3.55. The van der Waals surface area contributed by atoms with Gasteiger partial charge in [0, 0.05) is 13.0 Å². The van der Waals surface area contributed by atoms with Crippen molar-refractivity contribution < 1.29 is 14.7 Å². The van der Waals surface area contributed by atoms with E-state index in [0.29, 0.717) is 13.0 Å². The van der Waals surface area contributed by atoms with Gasteiger partial charge in [-0.05, 0) is 29.2 Å². The number of hydrogen-bond donors (Lipinski definition) is 2. The maximum absolute atomic E-state index is 12.0. The zero-order valence-electron chi connectivity index (χ0n) is 12.5. The van der Waals surface area contributed by atoms with Crippen LogP contribution in [0.25, 0.3) is 0 Å². The Morgan fingerprint density at radius 3 is 2.27 bits per heavy atom. The first-order chi connectivity index (χ1) is 10.6. The second-order valence-corrected chi connectivity index (χ2v) is 5.29. The highest BCUT2D eigenvalue weighted by Gasteiger charge is 2.10. The van der Waals surface area contributed by atoms with E-state index >= 15 is 0 Å². The molecule has 1 unspecified atom stereocenters. The number of carbonyl (C=O) groups excluding carboxylic acids is 1. The SMILES string of the molecule is CC(CC(=O)NCc1ccc(C(=O)O)cc1)c1ccccc1. The molecular formula is C18H19NO3. The maximum Gasteiger partial charge on any atom is 0.335 e. The molecule has 4 nitrogen and oxygen atoms in total. The molecule has 0 aliphatic rings. The van der Waals surface area contributed by atoms with E-state index in [-0.39, 0.29) is 17.4 Å². The maximum atomic E-state index is 12.0. The molecule has 1 atom stereocenters. The number of carboxylic acids is 1. The smallest absolute Gasteiger partial charge is 0.335 e. The Labute approximate surface area is 129 Å². The predicted octanol–water partition coefficient (Wildman–Crippen LogP) is 3.19. The van der Waals surface area contributed by atoms with Crippen molar-refractivity contribution in [2.24, 2.45) is 0 Å². The summed E-state index contributed by atoms with van der Waals surface area (Å²) in [5.74, 6) is -0.804. The van der Waals surface area contributed by atoms with Gasteiger partial charge in [0.25, 0.3) is 0 Å². The lowest BCUT2D eigenvalue weighted by Crippen LogP contribution is -2.24. The van der Waals surface area contributed by atoms with Crippen LogP contribution in [0, 0.1) is 0 Å². The molecule has 0 radical (unpaired) electrons. The fourth-order valence-electron chi connectivity index (χ4n) is 2.22. The molecule has 2 aromatic carbocycles.